The molecule has 0 heterocycles. The van der Waals surface area contributed by atoms with Gasteiger partial charge in [0.2, 0.25) is 0 Å². The maximum absolute atomic E-state index is 6.01. The summed E-state index contributed by atoms with van der Waals surface area (Å²) in [5.74, 6) is 1.12. The van der Waals surface area contributed by atoms with E-state index in [-0.39, 0.29) is 0 Å². The van der Waals surface area contributed by atoms with Gasteiger partial charge >= 0.3 is 0 Å². The van der Waals surface area contributed by atoms with E-state index in [9.17, 15) is 0 Å². The van der Waals surface area contributed by atoms with Crippen LogP contribution in [0.2, 0.25) is 0 Å². The van der Waals surface area contributed by atoms with E-state index in [2.05, 4.69) is 53.2 Å². The molecule has 0 aliphatic rings. The van der Waals surface area contributed by atoms with Crippen LogP contribution in [0.25, 0.3) is 0 Å². The van der Waals surface area contributed by atoms with Gasteiger partial charge in [-0.05, 0) is 24.0 Å². The fourth-order valence-electron chi connectivity index (χ4n) is 1.80. The molecule has 0 saturated carbocycles. The zero-order chi connectivity index (χ0) is 12.9. The molecule has 0 amide bonds. The molecule has 0 spiro atoms. The van der Waals surface area contributed by atoms with Crippen molar-refractivity contribution in [2.75, 3.05) is 34.3 Å². The minimum absolute atomic E-state index is 0.785. The molecule has 1 rings (SSSR count). The predicted octanol–water partition coefficient (Wildman–Crippen LogP) is 2.90. The lowest BCUT2D eigenvalue weighted by Gasteiger charge is -2.24. The normalized spacial score (nSPS) is 11.6. The molecule has 0 atom stereocenters. The Bertz CT molecular complexity index is 330. The number of aryl methyl sites for hydroxylation is 2. The topological polar surface area (TPSA) is 9.23 Å². The largest absolute Gasteiger partial charge is 0.487 e. The van der Waals surface area contributed by atoms with Gasteiger partial charge in [0.1, 0.15) is 18.9 Å². The van der Waals surface area contributed by atoms with Gasteiger partial charge in [-0.25, -0.2) is 0 Å². The van der Waals surface area contributed by atoms with Crippen molar-refractivity contribution < 1.29 is 9.22 Å². The Balaban J connectivity index is 2.74. The molecule has 2 nitrogen and oxygen atoms in total. The molecule has 0 fully saturated rings. The van der Waals surface area contributed by atoms with Crippen LogP contribution in [0, 0.1) is 0 Å². The monoisotopic (exact) mass is 236 g/mol. The molecule has 0 bridgehead atoms. The molecule has 0 radical (unpaired) electrons. The van der Waals surface area contributed by atoms with Crippen LogP contribution in [-0.2, 0) is 12.8 Å². The molecule has 0 N–H and O–H groups in total. The van der Waals surface area contributed by atoms with E-state index in [0.29, 0.717) is 0 Å². The van der Waals surface area contributed by atoms with E-state index >= 15 is 0 Å². The van der Waals surface area contributed by atoms with Crippen molar-refractivity contribution in [1.29, 1.82) is 0 Å². The first kappa shape index (κ1) is 14.0. The van der Waals surface area contributed by atoms with Crippen molar-refractivity contribution in [3.63, 3.8) is 0 Å². The quantitative estimate of drug-likeness (QED) is 0.690. The van der Waals surface area contributed by atoms with Gasteiger partial charge in [-0.15, -0.1) is 0 Å². The fourth-order valence-corrected chi connectivity index (χ4v) is 1.80. The summed E-state index contributed by atoms with van der Waals surface area (Å²) in [6, 6.07) is 6.46. The highest BCUT2D eigenvalue weighted by Crippen LogP contribution is 2.25. The Hall–Kier alpha value is -1.02. The standard InChI is InChI=1S/C15H26NO/c1-6-13-9-8-10-14(7-2)15(13)17-12-11-16(3,4)5/h8-10H,6-7,11-12H2,1-5H3/q+1. The average molecular weight is 236 g/mol. The number of hydrogen-bond donors (Lipinski definition) is 0. The lowest BCUT2D eigenvalue weighted by Crippen LogP contribution is -2.38. The molecule has 2 heteroatoms. The zero-order valence-electron chi connectivity index (χ0n) is 11.9. The third-order valence-corrected chi connectivity index (χ3v) is 2.95. The fraction of sp³-hybridized carbons (Fsp3) is 0.600. The van der Waals surface area contributed by atoms with E-state index in [1.807, 2.05) is 0 Å². The highest BCUT2D eigenvalue weighted by molar-refractivity contribution is 5.41. The Labute approximate surface area is 106 Å². The molecule has 0 unspecified atom stereocenters. The molecule has 0 aliphatic carbocycles. The second-order valence-corrected chi connectivity index (χ2v) is 5.47. The van der Waals surface area contributed by atoms with Crippen LogP contribution >= 0.6 is 0 Å². The first-order valence-corrected chi connectivity index (χ1v) is 6.52. The molecule has 1 aromatic rings. The van der Waals surface area contributed by atoms with E-state index in [1.54, 1.807) is 0 Å². The zero-order valence-corrected chi connectivity index (χ0v) is 11.9. The summed E-state index contributed by atoms with van der Waals surface area (Å²) in [5, 5.41) is 0. The number of para-hydroxylation sites is 1. The number of quaternary nitrogens is 1. The first-order chi connectivity index (χ1) is 7.98. The van der Waals surface area contributed by atoms with E-state index in [1.165, 1.54) is 11.1 Å². The van der Waals surface area contributed by atoms with E-state index in [0.717, 1.165) is 36.2 Å². The van der Waals surface area contributed by atoms with Crippen molar-refractivity contribution in [1.82, 2.24) is 0 Å². The van der Waals surface area contributed by atoms with Crippen LogP contribution in [0.4, 0.5) is 0 Å². The van der Waals surface area contributed by atoms with Crippen LogP contribution in [0.3, 0.4) is 0 Å². The minimum atomic E-state index is 0.785. The highest BCUT2D eigenvalue weighted by atomic mass is 16.5. The Kier molecular flexibility index (Phi) is 5.01. The van der Waals surface area contributed by atoms with Gasteiger partial charge in [-0.3, -0.25) is 0 Å². The average Bonchev–Trinajstić information content (AvgIpc) is 2.27. The molecule has 96 valence electrons. The van der Waals surface area contributed by atoms with Gasteiger partial charge < -0.3 is 9.22 Å². The number of ether oxygens (including phenoxy) is 1. The van der Waals surface area contributed by atoms with Gasteiger partial charge in [-0.1, -0.05) is 32.0 Å². The lowest BCUT2D eigenvalue weighted by atomic mass is 10.1. The van der Waals surface area contributed by atoms with Crippen molar-refractivity contribution >= 4 is 0 Å². The van der Waals surface area contributed by atoms with Crippen LogP contribution in [0.1, 0.15) is 25.0 Å². The summed E-state index contributed by atoms with van der Waals surface area (Å²) in [6.07, 6.45) is 2.07. The number of hydrogen-bond acceptors (Lipinski definition) is 1. The highest BCUT2D eigenvalue weighted by Gasteiger charge is 2.10. The Morgan fingerprint density at radius 1 is 1.00 bits per heavy atom. The van der Waals surface area contributed by atoms with Crippen LogP contribution in [0.5, 0.6) is 5.75 Å². The maximum Gasteiger partial charge on any atom is 0.137 e. The van der Waals surface area contributed by atoms with Crippen LogP contribution < -0.4 is 4.74 Å². The summed E-state index contributed by atoms with van der Waals surface area (Å²) in [6.45, 7) is 6.18. The van der Waals surface area contributed by atoms with Gasteiger partial charge in [0.05, 0.1) is 21.1 Å². The van der Waals surface area contributed by atoms with Crippen LogP contribution in [0.15, 0.2) is 18.2 Å². The number of rotatable bonds is 6. The van der Waals surface area contributed by atoms with E-state index in [4.69, 9.17) is 4.74 Å². The van der Waals surface area contributed by atoms with Gasteiger partial charge in [0.25, 0.3) is 0 Å². The molecule has 0 saturated heterocycles. The van der Waals surface area contributed by atoms with Gasteiger partial charge in [-0.2, -0.15) is 0 Å². The van der Waals surface area contributed by atoms with Crippen molar-refractivity contribution in [2.24, 2.45) is 0 Å². The smallest absolute Gasteiger partial charge is 0.137 e. The van der Waals surface area contributed by atoms with Crippen molar-refractivity contribution in [2.45, 2.75) is 26.7 Å². The summed E-state index contributed by atoms with van der Waals surface area (Å²) < 4.78 is 6.95. The first-order valence-electron chi connectivity index (χ1n) is 6.52. The SMILES string of the molecule is CCc1cccc(CC)c1OCC[N+](C)(C)C. The maximum atomic E-state index is 6.01. The molecular weight excluding hydrogens is 210 g/mol. The summed E-state index contributed by atoms with van der Waals surface area (Å²) in [4.78, 5) is 0. The van der Waals surface area contributed by atoms with Gasteiger partial charge in [0.15, 0.2) is 0 Å². The third-order valence-electron chi connectivity index (χ3n) is 2.95. The summed E-state index contributed by atoms with van der Waals surface area (Å²) in [7, 11) is 6.57. The second-order valence-electron chi connectivity index (χ2n) is 5.47. The van der Waals surface area contributed by atoms with Crippen LogP contribution in [-0.4, -0.2) is 38.8 Å². The number of likely N-dealkylation sites (N-methyl/N-ethyl adjacent to an activating group) is 1. The Morgan fingerprint density at radius 2 is 1.53 bits per heavy atom. The van der Waals surface area contributed by atoms with Crippen molar-refractivity contribution in [3.8, 4) is 5.75 Å². The molecule has 0 aromatic heterocycles. The molecular formula is C15H26NO+. The number of benzene rings is 1. The predicted molar refractivity (Wildman–Crippen MR) is 73.6 cm³/mol. The molecule has 1 aromatic carbocycles. The number of nitrogens with zero attached hydrogens (tertiary/aromatic N) is 1. The third kappa shape index (κ3) is 4.39. The summed E-state index contributed by atoms with van der Waals surface area (Å²) in [5.41, 5.74) is 2.65. The van der Waals surface area contributed by atoms with Gasteiger partial charge in [0, 0.05) is 0 Å². The molecule has 17 heavy (non-hydrogen) atoms. The minimum Gasteiger partial charge on any atom is -0.487 e. The Morgan fingerprint density at radius 3 is 1.94 bits per heavy atom. The van der Waals surface area contributed by atoms with Crippen molar-refractivity contribution in [3.05, 3.63) is 29.3 Å². The van der Waals surface area contributed by atoms with E-state index < -0.39 is 0 Å². The molecule has 0 aliphatic heterocycles. The lowest BCUT2D eigenvalue weighted by molar-refractivity contribution is -0.870. The summed E-state index contributed by atoms with van der Waals surface area (Å²) >= 11 is 0. The second kappa shape index (κ2) is 6.06.